The van der Waals surface area contributed by atoms with Crippen LogP contribution >= 0.6 is 0 Å². The highest BCUT2D eigenvalue weighted by Gasteiger charge is 2.35. The van der Waals surface area contributed by atoms with Gasteiger partial charge in [0.1, 0.15) is 17.3 Å². The van der Waals surface area contributed by atoms with Crippen LogP contribution in [0.25, 0.3) is 33.4 Å². The van der Waals surface area contributed by atoms with Crippen LogP contribution < -0.4 is 4.57 Å². The van der Waals surface area contributed by atoms with Crippen LogP contribution in [0.15, 0.2) is 77.6 Å². The SMILES string of the molecule is Fc1ccc(-c2cc(C[n+]3ccc4[nH]c(-c5ccccc5F)cc4c3)on2)c(C(F)(F)F)c1. The monoisotopic (exact) mass is 456 g/mol. The molecule has 0 amide bonds. The highest BCUT2D eigenvalue weighted by atomic mass is 19.4. The van der Waals surface area contributed by atoms with Crippen molar-refractivity contribution in [2.45, 2.75) is 12.7 Å². The molecular formula is C24H15F5N3O+. The molecule has 0 bridgehead atoms. The molecule has 0 aliphatic carbocycles. The molecule has 0 spiro atoms. The van der Waals surface area contributed by atoms with Crippen LogP contribution in [0.1, 0.15) is 11.3 Å². The third kappa shape index (κ3) is 4.09. The van der Waals surface area contributed by atoms with Gasteiger partial charge in [-0.2, -0.15) is 17.7 Å². The average molecular weight is 456 g/mol. The Morgan fingerprint density at radius 1 is 0.939 bits per heavy atom. The minimum absolute atomic E-state index is 0.0394. The molecule has 0 unspecified atom stereocenters. The molecule has 0 saturated heterocycles. The van der Waals surface area contributed by atoms with Gasteiger partial charge in [0.25, 0.3) is 0 Å². The molecule has 0 aliphatic rings. The van der Waals surface area contributed by atoms with Gasteiger partial charge in [-0.15, -0.1) is 0 Å². The predicted molar refractivity (Wildman–Crippen MR) is 110 cm³/mol. The Hall–Kier alpha value is -4.01. The zero-order valence-corrected chi connectivity index (χ0v) is 16.8. The van der Waals surface area contributed by atoms with Gasteiger partial charge in [0.2, 0.25) is 12.3 Å². The van der Waals surface area contributed by atoms with Gasteiger partial charge in [0.15, 0.2) is 12.4 Å². The molecule has 2 aromatic carbocycles. The summed E-state index contributed by atoms with van der Waals surface area (Å²) in [6.07, 6.45) is -1.18. The fraction of sp³-hybridized carbons (Fsp3) is 0.0833. The molecule has 0 atom stereocenters. The van der Waals surface area contributed by atoms with Crippen molar-refractivity contribution in [2.75, 3.05) is 0 Å². The molecule has 1 N–H and O–H groups in total. The number of pyridine rings is 1. The zero-order chi connectivity index (χ0) is 23.2. The third-order valence-electron chi connectivity index (χ3n) is 5.24. The quantitative estimate of drug-likeness (QED) is 0.262. The van der Waals surface area contributed by atoms with Gasteiger partial charge < -0.3 is 9.51 Å². The second-order valence-corrected chi connectivity index (χ2v) is 7.52. The first kappa shape index (κ1) is 20.9. The lowest BCUT2D eigenvalue weighted by molar-refractivity contribution is -0.688. The van der Waals surface area contributed by atoms with E-state index in [1.807, 2.05) is 6.07 Å². The second kappa shape index (κ2) is 7.84. The van der Waals surface area contributed by atoms with E-state index in [2.05, 4.69) is 10.1 Å². The van der Waals surface area contributed by atoms with Crippen molar-refractivity contribution in [3.8, 4) is 22.5 Å². The van der Waals surface area contributed by atoms with Gasteiger partial charge in [0.05, 0.1) is 16.5 Å². The van der Waals surface area contributed by atoms with Crippen molar-refractivity contribution < 1.29 is 31.0 Å². The van der Waals surface area contributed by atoms with Crippen LogP contribution in [-0.4, -0.2) is 10.1 Å². The predicted octanol–water partition coefficient (Wildman–Crippen LogP) is 6.12. The van der Waals surface area contributed by atoms with Crippen molar-refractivity contribution in [3.05, 3.63) is 96.0 Å². The number of aromatic amines is 1. The molecule has 3 aromatic heterocycles. The van der Waals surface area contributed by atoms with E-state index in [0.29, 0.717) is 23.1 Å². The number of H-pyrrole nitrogens is 1. The molecule has 5 aromatic rings. The number of rotatable bonds is 4. The molecule has 33 heavy (non-hydrogen) atoms. The number of fused-ring (bicyclic) bond motifs is 1. The van der Waals surface area contributed by atoms with Gasteiger partial charge in [-0.1, -0.05) is 17.3 Å². The average Bonchev–Trinajstić information content (AvgIpc) is 3.40. The minimum atomic E-state index is -4.74. The van der Waals surface area contributed by atoms with E-state index in [1.165, 1.54) is 12.1 Å². The molecule has 0 radical (unpaired) electrons. The van der Waals surface area contributed by atoms with Crippen LogP contribution in [0.4, 0.5) is 22.0 Å². The summed E-state index contributed by atoms with van der Waals surface area (Å²) in [6.45, 7) is 0.200. The first-order valence-electron chi connectivity index (χ1n) is 9.87. The van der Waals surface area contributed by atoms with E-state index in [9.17, 15) is 22.0 Å². The zero-order valence-electron chi connectivity index (χ0n) is 16.8. The number of nitrogens with zero attached hydrogens (tertiary/aromatic N) is 2. The largest absolute Gasteiger partial charge is 0.417 e. The van der Waals surface area contributed by atoms with E-state index < -0.39 is 17.6 Å². The first-order chi connectivity index (χ1) is 15.8. The van der Waals surface area contributed by atoms with Crippen molar-refractivity contribution >= 4 is 10.9 Å². The molecule has 0 fully saturated rings. The van der Waals surface area contributed by atoms with Crippen LogP contribution in [0.5, 0.6) is 0 Å². The maximum atomic E-state index is 14.1. The fourth-order valence-electron chi connectivity index (χ4n) is 3.72. The van der Waals surface area contributed by atoms with Crippen molar-refractivity contribution in [1.29, 1.82) is 0 Å². The van der Waals surface area contributed by atoms with Crippen LogP contribution in [0.2, 0.25) is 0 Å². The summed E-state index contributed by atoms with van der Waals surface area (Å²) in [5.74, 6) is -1.01. The first-order valence-corrected chi connectivity index (χ1v) is 9.87. The van der Waals surface area contributed by atoms with Crippen molar-refractivity contribution in [2.24, 2.45) is 0 Å². The van der Waals surface area contributed by atoms with Crippen molar-refractivity contribution in [1.82, 2.24) is 10.1 Å². The molecule has 5 rings (SSSR count). The third-order valence-corrected chi connectivity index (χ3v) is 5.24. The number of hydrogen-bond donors (Lipinski definition) is 1. The standard InChI is InChI=1S/C24H14F5N3O/c25-15-5-6-17(19(10-15)24(27,28)29)23-11-16(33-31-23)13-32-8-7-21-14(12-32)9-22(30-21)18-3-1-2-4-20(18)26/h1-12H,13H2/p+1. The number of hydrogen-bond acceptors (Lipinski definition) is 2. The summed E-state index contributed by atoms with van der Waals surface area (Å²) in [4.78, 5) is 3.17. The lowest BCUT2D eigenvalue weighted by Crippen LogP contribution is -2.32. The number of halogens is 5. The Morgan fingerprint density at radius 3 is 2.55 bits per heavy atom. The Balaban J connectivity index is 1.43. The Bertz CT molecular complexity index is 1470. The van der Waals surface area contributed by atoms with Gasteiger partial charge >= 0.3 is 6.18 Å². The summed E-state index contributed by atoms with van der Waals surface area (Å²) in [5.41, 5.74) is 0.439. The molecule has 4 nitrogen and oxygen atoms in total. The molecule has 3 heterocycles. The molecule has 166 valence electrons. The lowest BCUT2D eigenvalue weighted by atomic mass is 10.0. The smallest absolute Gasteiger partial charge is 0.354 e. The van der Waals surface area contributed by atoms with Gasteiger partial charge in [-0.3, -0.25) is 0 Å². The fourth-order valence-corrected chi connectivity index (χ4v) is 3.72. The number of alkyl halides is 3. The van der Waals surface area contributed by atoms with Gasteiger partial charge in [-0.05, 0) is 36.4 Å². The molecular weight excluding hydrogens is 441 g/mol. The Labute approximate surface area is 183 Å². The van der Waals surface area contributed by atoms with Crippen LogP contribution in [0, 0.1) is 11.6 Å². The number of benzene rings is 2. The highest BCUT2D eigenvalue weighted by Crippen LogP contribution is 2.37. The van der Waals surface area contributed by atoms with E-state index in [1.54, 1.807) is 41.2 Å². The molecule has 0 saturated carbocycles. The van der Waals surface area contributed by atoms with Crippen molar-refractivity contribution in [3.63, 3.8) is 0 Å². The van der Waals surface area contributed by atoms with Gasteiger partial charge in [-0.25, -0.2) is 8.78 Å². The number of aromatic nitrogens is 3. The second-order valence-electron chi connectivity index (χ2n) is 7.52. The van der Waals surface area contributed by atoms with Gasteiger partial charge in [0, 0.05) is 29.0 Å². The number of nitrogens with one attached hydrogen (secondary N) is 1. The minimum Gasteiger partial charge on any atom is -0.354 e. The van der Waals surface area contributed by atoms with Crippen LogP contribution in [0.3, 0.4) is 0 Å². The lowest BCUT2D eigenvalue weighted by Gasteiger charge is -2.10. The topological polar surface area (TPSA) is 45.7 Å². The molecule has 9 heteroatoms. The maximum absolute atomic E-state index is 14.1. The van der Waals surface area contributed by atoms with E-state index in [-0.39, 0.29) is 23.6 Å². The summed E-state index contributed by atoms with van der Waals surface area (Å²) < 4.78 is 74.4. The summed E-state index contributed by atoms with van der Waals surface area (Å²) in [6, 6.07) is 13.8. The summed E-state index contributed by atoms with van der Waals surface area (Å²) >= 11 is 0. The Kier molecular flexibility index (Phi) is 4.96. The highest BCUT2D eigenvalue weighted by molar-refractivity contribution is 5.84. The van der Waals surface area contributed by atoms with E-state index in [0.717, 1.165) is 23.0 Å². The Morgan fingerprint density at radius 2 is 1.76 bits per heavy atom. The van der Waals surface area contributed by atoms with Crippen LogP contribution in [-0.2, 0) is 12.7 Å². The normalized spacial score (nSPS) is 11.9. The van der Waals surface area contributed by atoms with E-state index in [4.69, 9.17) is 4.52 Å². The molecule has 0 aliphatic heterocycles. The summed E-state index contributed by atoms with van der Waals surface area (Å²) in [5, 5.41) is 4.56. The van der Waals surface area contributed by atoms with E-state index >= 15 is 0 Å². The summed E-state index contributed by atoms with van der Waals surface area (Å²) in [7, 11) is 0. The maximum Gasteiger partial charge on any atom is 0.417 e.